The van der Waals surface area contributed by atoms with E-state index in [4.69, 9.17) is 0 Å². The van der Waals surface area contributed by atoms with Crippen molar-refractivity contribution in [1.29, 1.82) is 0 Å². The smallest absolute Gasteiger partial charge is 0.256 e. The molecule has 0 fully saturated rings. The highest BCUT2D eigenvalue weighted by Gasteiger charge is 2.80. The Hall–Kier alpha value is -3.42. The van der Waals surface area contributed by atoms with Crippen LogP contribution in [0.15, 0.2) is 48.8 Å². The molecule has 0 radical (unpaired) electrons. The molecule has 2 nitrogen and oxygen atoms in total. The average molecular weight is 426 g/mol. The highest BCUT2D eigenvalue weighted by atomic mass is 19.3. The third-order valence-corrected chi connectivity index (χ3v) is 6.56. The second kappa shape index (κ2) is 4.74. The highest BCUT2D eigenvalue weighted by molar-refractivity contribution is 6.39. The maximum Gasteiger partial charge on any atom is 0.380 e. The molecular weight excluding hydrogens is 418 g/mol. The van der Waals surface area contributed by atoms with Crippen LogP contribution < -0.4 is 0 Å². The Kier molecular flexibility index (Phi) is 2.64. The van der Waals surface area contributed by atoms with Gasteiger partial charge in [0.25, 0.3) is 0 Å². The Labute approximate surface area is 168 Å². The van der Waals surface area contributed by atoms with Crippen molar-refractivity contribution in [3.63, 3.8) is 0 Å². The number of alkyl halides is 6. The first-order valence-electron chi connectivity index (χ1n) is 9.41. The van der Waals surface area contributed by atoms with Crippen molar-refractivity contribution in [2.75, 3.05) is 0 Å². The molecule has 0 bridgehead atoms. The first-order chi connectivity index (χ1) is 14.7. The minimum absolute atomic E-state index is 0.230. The van der Waals surface area contributed by atoms with E-state index in [2.05, 4.69) is 9.97 Å². The van der Waals surface area contributed by atoms with Crippen LogP contribution >= 0.6 is 0 Å². The predicted octanol–water partition coefficient (Wildman–Crippen LogP) is 6.95. The van der Waals surface area contributed by atoms with Crippen LogP contribution in [0.1, 0.15) is 11.1 Å². The molecule has 1 aliphatic carbocycles. The van der Waals surface area contributed by atoms with Gasteiger partial charge in [-0.15, -0.1) is 0 Å². The minimum atomic E-state index is -5.56. The van der Waals surface area contributed by atoms with Gasteiger partial charge >= 0.3 is 17.8 Å². The van der Waals surface area contributed by atoms with Crippen molar-refractivity contribution >= 4 is 54.1 Å². The van der Waals surface area contributed by atoms with Crippen molar-refractivity contribution in [1.82, 2.24) is 9.97 Å². The van der Waals surface area contributed by atoms with Gasteiger partial charge in [-0.25, -0.2) is 0 Å². The van der Waals surface area contributed by atoms with E-state index in [1.54, 1.807) is 24.5 Å². The van der Waals surface area contributed by atoms with E-state index in [0.717, 1.165) is 0 Å². The van der Waals surface area contributed by atoms with Crippen LogP contribution in [0.25, 0.3) is 54.1 Å². The van der Waals surface area contributed by atoms with Crippen molar-refractivity contribution in [2.45, 2.75) is 17.8 Å². The molecule has 31 heavy (non-hydrogen) atoms. The summed E-state index contributed by atoms with van der Waals surface area (Å²) in [7, 11) is 0. The van der Waals surface area contributed by atoms with Crippen LogP contribution in [0.2, 0.25) is 0 Å². The van der Waals surface area contributed by atoms with Gasteiger partial charge in [-0.05, 0) is 45.8 Å². The van der Waals surface area contributed by atoms with Gasteiger partial charge in [-0.1, -0.05) is 12.1 Å². The number of hydrogen-bond donors (Lipinski definition) is 0. The number of benzene rings is 4. The summed E-state index contributed by atoms with van der Waals surface area (Å²) in [5.41, 5.74) is -1.70. The molecule has 4 aromatic carbocycles. The van der Waals surface area contributed by atoms with Gasteiger partial charge < -0.3 is 0 Å². The summed E-state index contributed by atoms with van der Waals surface area (Å²) in [6, 6.07) is 8.60. The highest BCUT2D eigenvalue weighted by Crippen LogP contribution is 2.66. The van der Waals surface area contributed by atoms with Gasteiger partial charge in [0.2, 0.25) is 0 Å². The molecule has 7 rings (SSSR count). The number of aromatic nitrogens is 2. The lowest BCUT2D eigenvalue weighted by atomic mass is 9.84. The predicted molar refractivity (Wildman–Crippen MR) is 105 cm³/mol. The van der Waals surface area contributed by atoms with Crippen LogP contribution in [0.5, 0.6) is 0 Å². The van der Waals surface area contributed by atoms with Gasteiger partial charge in [0.1, 0.15) is 0 Å². The maximum absolute atomic E-state index is 14.9. The van der Waals surface area contributed by atoms with Crippen molar-refractivity contribution in [3.8, 4) is 0 Å². The molecule has 2 heterocycles. The zero-order valence-corrected chi connectivity index (χ0v) is 15.3. The van der Waals surface area contributed by atoms with E-state index in [1.807, 2.05) is 0 Å². The SMILES string of the molecule is FC1(F)c2c(c3ccc4nccc5c6ccnc7ccc2c(c76)c3c45)C(F)(F)C1(F)F. The van der Waals surface area contributed by atoms with Crippen molar-refractivity contribution in [3.05, 3.63) is 59.9 Å². The molecular formula is C23H8F6N2. The fourth-order valence-electron chi connectivity index (χ4n) is 5.31. The third-order valence-electron chi connectivity index (χ3n) is 6.56. The monoisotopic (exact) mass is 426 g/mol. The molecule has 0 saturated heterocycles. The Morgan fingerprint density at radius 1 is 0.484 bits per heavy atom. The topological polar surface area (TPSA) is 25.8 Å². The largest absolute Gasteiger partial charge is 0.380 e. The molecule has 6 aromatic rings. The van der Waals surface area contributed by atoms with Gasteiger partial charge in [-0.2, -0.15) is 26.3 Å². The number of halogens is 6. The average Bonchev–Trinajstić information content (AvgIpc) is 2.86. The zero-order chi connectivity index (χ0) is 21.5. The lowest BCUT2D eigenvalue weighted by Gasteiger charge is -2.23. The van der Waals surface area contributed by atoms with Crippen LogP contribution in [-0.2, 0) is 11.8 Å². The molecule has 8 heteroatoms. The molecule has 1 aliphatic rings. The van der Waals surface area contributed by atoms with Crippen LogP contribution in [0.3, 0.4) is 0 Å². The standard InChI is InChI=1S/C23H8F6N2/c24-21(25)19-11-1-3-13-15-9(5-7-30-13)10-6-8-31-14-4-2-12(18(16(10)14)17(11)15)20(19)22(26,27)23(21,28)29/h1-8H. The quantitative estimate of drug-likeness (QED) is 0.149. The summed E-state index contributed by atoms with van der Waals surface area (Å²) in [5.74, 6) is -15.6. The number of rotatable bonds is 0. The first kappa shape index (κ1) is 17.3. The van der Waals surface area contributed by atoms with Gasteiger partial charge in [-0.3, -0.25) is 9.97 Å². The van der Waals surface area contributed by atoms with E-state index in [9.17, 15) is 26.3 Å². The molecule has 0 atom stereocenters. The van der Waals surface area contributed by atoms with Crippen molar-refractivity contribution in [2.24, 2.45) is 0 Å². The second-order valence-corrected chi connectivity index (χ2v) is 7.95. The molecule has 0 saturated carbocycles. The normalized spacial score (nSPS) is 19.4. The summed E-state index contributed by atoms with van der Waals surface area (Å²) < 4.78 is 88.7. The molecule has 2 aromatic heterocycles. The van der Waals surface area contributed by atoms with E-state index in [0.29, 0.717) is 32.6 Å². The summed E-state index contributed by atoms with van der Waals surface area (Å²) in [6.45, 7) is 0. The fraction of sp³-hybridized carbons (Fsp3) is 0.130. The molecule has 0 aliphatic heterocycles. The summed E-state index contributed by atoms with van der Waals surface area (Å²) in [4.78, 5) is 8.56. The summed E-state index contributed by atoms with van der Waals surface area (Å²) >= 11 is 0. The Morgan fingerprint density at radius 3 is 1.32 bits per heavy atom. The fourth-order valence-corrected chi connectivity index (χ4v) is 5.31. The van der Waals surface area contributed by atoms with E-state index >= 15 is 0 Å². The first-order valence-corrected chi connectivity index (χ1v) is 9.41. The van der Waals surface area contributed by atoms with E-state index < -0.39 is 28.9 Å². The van der Waals surface area contributed by atoms with Gasteiger partial charge in [0.15, 0.2) is 0 Å². The summed E-state index contributed by atoms with van der Waals surface area (Å²) in [5, 5.41) is 2.13. The van der Waals surface area contributed by atoms with Crippen molar-refractivity contribution < 1.29 is 26.3 Å². The maximum atomic E-state index is 14.9. The number of pyridine rings is 2. The third kappa shape index (κ3) is 1.59. The molecule has 0 amide bonds. The zero-order valence-electron chi connectivity index (χ0n) is 15.3. The second-order valence-electron chi connectivity index (χ2n) is 7.95. The van der Waals surface area contributed by atoms with Crippen LogP contribution in [-0.4, -0.2) is 15.9 Å². The number of fused-ring (bicyclic) bond motifs is 4. The van der Waals surface area contributed by atoms with E-state index in [1.165, 1.54) is 24.3 Å². The Balaban J connectivity index is 1.94. The molecule has 0 unspecified atom stereocenters. The lowest BCUT2D eigenvalue weighted by Crippen LogP contribution is -2.43. The summed E-state index contributed by atoms with van der Waals surface area (Å²) in [6.07, 6.45) is 3.12. The number of nitrogens with zero attached hydrogens (tertiary/aromatic N) is 2. The molecule has 0 spiro atoms. The number of hydrogen-bond acceptors (Lipinski definition) is 2. The Bertz CT molecular complexity index is 1600. The molecule has 0 N–H and O–H groups in total. The van der Waals surface area contributed by atoms with Crippen LogP contribution in [0, 0.1) is 0 Å². The van der Waals surface area contributed by atoms with Gasteiger partial charge in [0, 0.05) is 45.1 Å². The minimum Gasteiger partial charge on any atom is -0.256 e. The van der Waals surface area contributed by atoms with E-state index in [-0.39, 0.29) is 21.5 Å². The Morgan fingerprint density at radius 2 is 0.903 bits per heavy atom. The lowest BCUT2D eigenvalue weighted by molar-refractivity contribution is -0.301. The van der Waals surface area contributed by atoms with Gasteiger partial charge in [0.05, 0.1) is 11.0 Å². The van der Waals surface area contributed by atoms with Crippen LogP contribution in [0.4, 0.5) is 26.3 Å². The molecule has 152 valence electrons.